The Morgan fingerprint density at radius 3 is 2.50 bits per heavy atom. The maximum atomic E-state index is 11.7. The van der Waals surface area contributed by atoms with Gasteiger partial charge < -0.3 is 11.1 Å². The van der Waals surface area contributed by atoms with Crippen LogP contribution in [0.4, 0.5) is 5.82 Å². The number of pyridine rings is 1. The van der Waals surface area contributed by atoms with Crippen LogP contribution in [0.25, 0.3) is 0 Å². The van der Waals surface area contributed by atoms with Crippen LogP contribution < -0.4 is 15.8 Å². The average Bonchev–Trinajstić information content (AvgIpc) is 2.26. The van der Waals surface area contributed by atoms with Gasteiger partial charge in [-0.1, -0.05) is 6.92 Å². The summed E-state index contributed by atoms with van der Waals surface area (Å²) >= 11 is 0. The molecule has 0 amide bonds. The van der Waals surface area contributed by atoms with Crippen LogP contribution >= 0.6 is 0 Å². The SMILES string of the molecule is CCNS(=O)(=O)c1ccc(NCC(C)(C)N)nc1. The van der Waals surface area contributed by atoms with Gasteiger partial charge in [0.25, 0.3) is 0 Å². The summed E-state index contributed by atoms with van der Waals surface area (Å²) in [5.74, 6) is 0.601. The molecule has 0 atom stereocenters. The summed E-state index contributed by atoms with van der Waals surface area (Å²) in [5, 5.41) is 3.04. The van der Waals surface area contributed by atoms with E-state index in [1.54, 1.807) is 13.0 Å². The number of nitrogens with one attached hydrogen (secondary N) is 2. The van der Waals surface area contributed by atoms with E-state index in [-0.39, 0.29) is 10.4 Å². The number of sulfonamides is 1. The Kier molecular flexibility index (Phi) is 4.66. The molecule has 0 bridgehead atoms. The summed E-state index contributed by atoms with van der Waals surface area (Å²) in [5.41, 5.74) is 5.47. The normalized spacial score (nSPS) is 12.4. The van der Waals surface area contributed by atoms with E-state index in [1.807, 2.05) is 13.8 Å². The van der Waals surface area contributed by atoms with Crippen LogP contribution in [-0.2, 0) is 10.0 Å². The van der Waals surface area contributed by atoms with Crippen LogP contribution in [0.2, 0.25) is 0 Å². The van der Waals surface area contributed by atoms with E-state index in [1.165, 1.54) is 12.3 Å². The maximum Gasteiger partial charge on any atom is 0.242 e. The highest BCUT2D eigenvalue weighted by Crippen LogP contribution is 2.11. The molecule has 0 spiro atoms. The predicted molar refractivity (Wildman–Crippen MR) is 71.9 cm³/mol. The topological polar surface area (TPSA) is 97.1 Å². The summed E-state index contributed by atoms with van der Waals surface area (Å²) in [7, 11) is -3.44. The van der Waals surface area contributed by atoms with E-state index < -0.39 is 10.0 Å². The van der Waals surface area contributed by atoms with E-state index >= 15 is 0 Å². The molecule has 0 aliphatic heterocycles. The second-order valence-corrected chi connectivity index (χ2v) is 6.49. The van der Waals surface area contributed by atoms with Crippen molar-refractivity contribution in [2.45, 2.75) is 31.2 Å². The maximum absolute atomic E-state index is 11.7. The number of anilines is 1. The lowest BCUT2D eigenvalue weighted by Crippen LogP contribution is -2.39. The first-order chi connectivity index (χ1) is 8.24. The van der Waals surface area contributed by atoms with Crippen molar-refractivity contribution in [1.82, 2.24) is 9.71 Å². The van der Waals surface area contributed by atoms with Gasteiger partial charge in [0.15, 0.2) is 0 Å². The minimum atomic E-state index is -3.44. The van der Waals surface area contributed by atoms with E-state index in [0.29, 0.717) is 18.9 Å². The third-order valence-corrected chi connectivity index (χ3v) is 3.64. The molecule has 1 rings (SSSR count). The smallest absolute Gasteiger partial charge is 0.242 e. The second-order valence-electron chi connectivity index (χ2n) is 4.72. The molecule has 6 nitrogen and oxygen atoms in total. The highest BCUT2D eigenvalue weighted by atomic mass is 32.2. The molecular formula is C11H20N4O2S. The Hall–Kier alpha value is -1.18. The summed E-state index contributed by atoms with van der Waals surface area (Å²) < 4.78 is 25.7. The number of nitrogens with zero attached hydrogens (tertiary/aromatic N) is 1. The molecule has 18 heavy (non-hydrogen) atoms. The zero-order chi connectivity index (χ0) is 13.8. The third-order valence-electron chi connectivity index (χ3n) is 2.11. The summed E-state index contributed by atoms with van der Waals surface area (Å²) in [6, 6.07) is 3.13. The van der Waals surface area contributed by atoms with Gasteiger partial charge in [0.2, 0.25) is 10.0 Å². The van der Waals surface area contributed by atoms with Crippen LogP contribution in [0, 0.1) is 0 Å². The van der Waals surface area contributed by atoms with Crippen molar-refractivity contribution in [2.75, 3.05) is 18.4 Å². The molecule has 0 saturated carbocycles. The lowest BCUT2D eigenvalue weighted by Gasteiger charge is -2.19. The Morgan fingerprint density at radius 1 is 1.39 bits per heavy atom. The third kappa shape index (κ3) is 4.59. The second kappa shape index (κ2) is 5.64. The van der Waals surface area contributed by atoms with E-state index in [2.05, 4.69) is 15.0 Å². The quantitative estimate of drug-likeness (QED) is 0.702. The van der Waals surface area contributed by atoms with Crippen molar-refractivity contribution in [1.29, 1.82) is 0 Å². The van der Waals surface area contributed by atoms with Crippen LogP contribution in [0.15, 0.2) is 23.2 Å². The summed E-state index contributed by atoms with van der Waals surface area (Å²) in [4.78, 5) is 4.20. The molecule has 0 unspecified atom stereocenters. The monoisotopic (exact) mass is 272 g/mol. The molecule has 0 aliphatic rings. The van der Waals surface area contributed by atoms with Crippen molar-refractivity contribution >= 4 is 15.8 Å². The number of rotatable bonds is 6. The van der Waals surface area contributed by atoms with Crippen molar-refractivity contribution in [3.05, 3.63) is 18.3 Å². The van der Waals surface area contributed by atoms with Gasteiger partial charge in [-0.2, -0.15) is 0 Å². The molecular weight excluding hydrogens is 252 g/mol. The van der Waals surface area contributed by atoms with Crippen LogP contribution in [0.5, 0.6) is 0 Å². The van der Waals surface area contributed by atoms with Crippen molar-refractivity contribution in [3.8, 4) is 0 Å². The molecule has 1 aromatic rings. The predicted octanol–water partition coefficient (Wildman–Crippen LogP) is 0.529. The van der Waals surface area contributed by atoms with Gasteiger partial charge in [-0.05, 0) is 26.0 Å². The highest BCUT2D eigenvalue weighted by molar-refractivity contribution is 7.89. The molecule has 1 heterocycles. The van der Waals surface area contributed by atoms with Crippen LogP contribution in [-0.4, -0.2) is 32.0 Å². The Bertz CT molecular complexity index is 477. The fraction of sp³-hybridized carbons (Fsp3) is 0.545. The van der Waals surface area contributed by atoms with Crippen molar-refractivity contribution in [2.24, 2.45) is 5.73 Å². The average molecular weight is 272 g/mol. The van der Waals surface area contributed by atoms with E-state index in [9.17, 15) is 8.42 Å². The molecule has 102 valence electrons. The van der Waals surface area contributed by atoms with Gasteiger partial charge in [-0.25, -0.2) is 18.1 Å². The van der Waals surface area contributed by atoms with Gasteiger partial charge >= 0.3 is 0 Å². The number of nitrogens with two attached hydrogens (primary N) is 1. The van der Waals surface area contributed by atoms with Gasteiger partial charge in [0, 0.05) is 24.8 Å². The lowest BCUT2D eigenvalue weighted by molar-refractivity contribution is 0.548. The largest absolute Gasteiger partial charge is 0.368 e. The molecule has 0 fully saturated rings. The summed E-state index contributed by atoms with van der Waals surface area (Å²) in [6.07, 6.45) is 1.32. The number of hydrogen-bond acceptors (Lipinski definition) is 5. The number of hydrogen-bond donors (Lipinski definition) is 3. The Morgan fingerprint density at radius 2 is 2.06 bits per heavy atom. The van der Waals surface area contributed by atoms with Gasteiger partial charge in [-0.3, -0.25) is 0 Å². The summed E-state index contributed by atoms with van der Waals surface area (Å²) in [6.45, 7) is 6.42. The first-order valence-electron chi connectivity index (χ1n) is 5.73. The molecule has 0 aromatic carbocycles. The van der Waals surface area contributed by atoms with Crippen molar-refractivity contribution in [3.63, 3.8) is 0 Å². The molecule has 0 radical (unpaired) electrons. The van der Waals surface area contributed by atoms with Gasteiger partial charge in [0.1, 0.15) is 10.7 Å². The molecule has 1 aromatic heterocycles. The first-order valence-corrected chi connectivity index (χ1v) is 7.21. The number of aromatic nitrogens is 1. The van der Waals surface area contributed by atoms with Gasteiger partial charge in [0.05, 0.1) is 0 Å². The van der Waals surface area contributed by atoms with E-state index in [0.717, 1.165) is 0 Å². The van der Waals surface area contributed by atoms with E-state index in [4.69, 9.17) is 5.73 Å². The first kappa shape index (κ1) is 14.9. The standard InChI is InChI=1S/C11H20N4O2S/c1-4-15-18(16,17)9-5-6-10(13-7-9)14-8-11(2,3)12/h5-7,15H,4,8,12H2,1-3H3,(H,13,14). The molecule has 0 aliphatic carbocycles. The van der Waals surface area contributed by atoms with Crippen molar-refractivity contribution < 1.29 is 8.42 Å². The minimum Gasteiger partial charge on any atom is -0.368 e. The fourth-order valence-electron chi connectivity index (χ4n) is 1.24. The zero-order valence-corrected chi connectivity index (χ0v) is 11.7. The molecule has 7 heteroatoms. The van der Waals surface area contributed by atoms with Crippen LogP contribution in [0.3, 0.4) is 0 Å². The Balaban J connectivity index is 2.75. The Labute approximate surface area is 108 Å². The highest BCUT2D eigenvalue weighted by Gasteiger charge is 2.13. The van der Waals surface area contributed by atoms with Gasteiger partial charge in [-0.15, -0.1) is 0 Å². The zero-order valence-electron chi connectivity index (χ0n) is 10.9. The molecule has 4 N–H and O–H groups in total. The van der Waals surface area contributed by atoms with Crippen LogP contribution in [0.1, 0.15) is 20.8 Å². The fourth-order valence-corrected chi connectivity index (χ4v) is 2.22. The minimum absolute atomic E-state index is 0.155. The molecule has 0 saturated heterocycles. The lowest BCUT2D eigenvalue weighted by atomic mass is 10.1.